The topological polar surface area (TPSA) is 83.9 Å². The molecule has 1 aliphatic heterocycles. The van der Waals surface area contributed by atoms with Crippen LogP contribution in [0, 0.1) is 5.92 Å². The minimum atomic E-state index is 0.116. The van der Waals surface area contributed by atoms with Crippen LogP contribution in [0.4, 0.5) is 0 Å². The van der Waals surface area contributed by atoms with E-state index in [1.54, 1.807) is 7.11 Å². The highest BCUT2D eigenvalue weighted by molar-refractivity contribution is 5.99. The Bertz CT molecular complexity index is 1510. The molecule has 6 heteroatoms. The van der Waals surface area contributed by atoms with Gasteiger partial charge in [0.15, 0.2) is 5.78 Å². The first-order valence-electron chi connectivity index (χ1n) is 15.0. The van der Waals surface area contributed by atoms with E-state index in [0.717, 1.165) is 97.1 Å². The average molecular weight is 554 g/mol. The van der Waals surface area contributed by atoms with E-state index in [-0.39, 0.29) is 17.8 Å². The highest BCUT2D eigenvalue weighted by Gasteiger charge is 2.24. The molecule has 2 N–H and O–H groups in total. The summed E-state index contributed by atoms with van der Waals surface area (Å²) in [5, 5.41) is 1.00. The van der Waals surface area contributed by atoms with Crippen molar-refractivity contribution in [1.82, 2.24) is 0 Å². The molecular formula is C35H39NO5. The molecule has 2 aliphatic rings. The second-order valence-electron chi connectivity index (χ2n) is 11.2. The lowest BCUT2D eigenvalue weighted by atomic mass is 9.83. The van der Waals surface area contributed by atoms with Crippen molar-refractivity contribution in [2.75, 3.05) is 26.9 Å². The maximum Gasteiger partial charge on any atom is 0.166 e. The number of nitrogens with two attached hydrogens (primary N) is 1. The molecule has 4 aromatic rings. The van der Waals surface area contributed by atoms with Crippen molar-refractivity contribution in [2.24, 2.45) is 11.7 Å². The summed E-state index contributed by atoms with van der Waals surface area (Å²) in [6.07, 6.45) is 8.14. The molecule has 1 saturated carbocycles. The normalized spacial score (nSPS) is 16.6. The first-order chi connectivity index (χ1) is 20.1. The maximum absolute atomic E-state index is 13.2. The predicted octanol–water partition coefficient (Wildman–Crippen LogP) is 7.60. The molecule has 0 amide bonds. The minimum Gasteiger partial charge on any atom is -0.496 e. The number of hydrogen-bond acceptors (Lipinski definition) is 6. The van der Waals surface area contributed by atoms with Crippen LogP contribution in [0.15, 0.2) is 65.1 Å². The smallest absolute Gasteiger partial charge is 0.166 e. The van der Waals surface area contributed by atoms with Gasteiger partial charge in [-0.1, -0.05) is 49.6 Å². The molecule has 214 valence electrons. The Morgan fingerprint density at radius 2 is 1.73 bits per heavy atom. The largest absolute Gasteiger partial charge is 0.496 e. The predicted molar refractivity (Wildman–Crippen MR) is 162 cm³/mol. The molecule has 1 aliphatic carbocycles. The molecule has 0 spiro atoms. The fourth-order valence-electron chi connectivity index (χ4n) is 6.26. The van der Waals surface area contributed by atoms with Crippen LogP contribution in [0.3, 0.4) is 0 Å². The summed E-state index contributed by atoms with van der Waals surface area (Å²) < 4.78 is 24.1. The van der Waals surface area contributed by atoms with Crippen LogP contribution >= 0.6 is 0 Å². The van der Waals surface area contributed by atoms with Gasteiger partial charge in [0.05, 0.1) is 25.9 Å². The molecule has 6 nitrogen and oxygen atoms in total. The van der Waals surface area contributed by atoms with E-state index in [0.29, 0.717) is 23.6 Å². The van der Waals surface area contributed by atoms with Gasteiger partial charge in [-0.3, -0.25) is 4.79 Å². The van der Waals surface area contributed by atoms with Crippen LogP contribution in [-0.2, 0) is 11.2 Å². The summed E-state index contributed by atoms with van der Waals surface area (Å²) in [5.74, 6) is 2.59. The van der Waals surface area contributed by atoms with Crippen molar-refractivity contribution in [1.29, 1.82) is 0 Å². The van der Waals surface area contributed by atoms with Crippen molar-refractivity contribution in [3.63, 3.8) is 0 Å². The monoisotopic (exact) mass is 553 g/mol. The molecule has 1 saturated heterocycles. The van der Waals surface area contributed by atoms with E-state index in [1.165, 1.54) is 6.42 Å². The Balaban J connectivity index is 1.32. The van der Waals surface area contributed by atoms with Gasteiger partial charge in [-0.2, -0.15) is 0 Å². The minimum absolute atomic E-state index is 0.116. The third-order valence-corrected chi connectivity index (χ3v) is 8.52. The van der Waals surface area contributed by atoms with Crippen molar-refractivity contribution in [2.45, 2.75) is 57.5 Å². The number of ether oxygens (including phenoxy) is 3. The lowest BCUT2D eigenvalue weighted by molar-refractivity contribution is 0.0252. The zero-order valence-electron chi connectivity index (χ0n) is 23.8. The number of hydrogen-bond donors (Lipinski definition) is 1. The highest BCUT2D eigenvalue weighted by Crippen LogP contribution is 2.40. The van der Waals surface area contributed by atoms with Crippen LogP contribution in [0.25, 0.3) is 33.4 Å². The van der Waals surface area contributed by atoms with E-state index in [9.17, 15) is 4.79 Å². The first-order valence-corrected chi connectivity index (χ1v) is 15.0. The Labute approximate surface area is 241 Å². The zero-order valence-corrected chi connectivity index (χ0v) is 23.8. The number of carbonyl (C=O) groups excluding carboxylic acids is 1. The molecule has 6 rings (SSSR count). The molecular weight excluding hydrogens is 514 g/mol. The number of para-hydroxylation sites is 1. The molecule has 0 bridgehead atoms. The number of ketones is 1. The van der Waals surface area contributed by atoms with E-state index in [2.05, 4.69) is 36.4 Å². The first kappa shape index (κ1) is 27.6. The van der Waals surface area contributed by atoms with Crippen LogP contribution in [-0.4, -0.2) is 38.8 Å². The van der Waals surface area contributed by atoms with Gasteiger partial charge in [0.25, 0.3) is 0 Å². The van der Waals surface area contributed by atoms with Gasteiger partial charge in [0.1, 0.15) is 28.9 Å². The fraction of sp³-hybridized carbons (Fsp3) is 0.400. The number of benzene rings is 3. The summed E-state index contributed by atoms with van der Waals surface area (Å²) in [6.45, 7) is 2.02. The van der Waals surface area contributed by atoms with Gasteiger partial charge >= 0.3 is 0 Å². The summed E-state index contributed by atoms with van der Waals surface area (Å²) >= 11 is 0. The quantitative estimate of drug-likeness (QED) is 0.215. The third kappa shape index (κ3) is 5.90. The van der Waals surface area contributed by atoms with E-state index < -0.39 is 0 Å². The number of Topliss-reactive ketones (excluding diaryl/α,β-unsaturated/α-hetero) is 1. The molecule has 2 fully saturated rings. The van der Waals surface area contributed by atoms with Gasteiger partial charge in [-0.15, -0.1) is 0 Å². The maximum atomic E-state index is 13.2. The van der Waals surface area contributed by atoms with Gasteiger partial charge in [0.2, 0.25) is 0 Å². The van der Waals surface area contributed by atoms with E-state index in [4.69, 9.17) is 24.4 Å². The summed E-state index contributed by atoms with van der Waals surface area (Å²) in [5.41, 5.74) is 11.5. The Morgan fingerprint density at radius 1 is 0.902 bits per heavy atom. The molecule has 1 aromatic heterocycles. The van der Waals surface area contributed by atoms with Crippen LogP contribution in [0.5, 0.6) is 11.5 Å². The van der Waals surface area contributed by atoms with Crippen molar-refractivity contribution < 1.29 is 23.4 Å². The van der Waals surface area contributed by atoms with Gasteiger partial charge in [-0.05, 0) is 67.3 Å². The summed E-state index contributed by atoms with van der Waals surface area (Å²) in [4.78, 5) is 13.2. The van der Waals surface area contributed by atoms with Gasteiger partial charge in [-0.25, -0.2) is 0 Å². The Morgan fingerprint density at radius 3 is 2.51 bits per heavy atom. The number of furan rings is 1. The summed E-state index contributed by atoms with van der Waals surface area (Å²) in [7, 11) is 1.64. The van der Waals surface area contributed by atoms with E-state index in [1.807, 2.05) is 24.3 Å². The van der Waals surface area contributed by atoms with Crippen molar-refractivity contribution in [3.8, 4) is 33.9 Å². The number of methoxy groups -OCH3 is 1. The zero-order chi connectivity index (χ0) is 28.2. The highest BCUT2D eigenvalue weighted by atomic mass is 16.5. The van der Waals surface area contributed by atoms with Crippen molar-refractivity contribution in [3.05, 3.63) is 71.8 Å². The lowest BCUT2D eigenvalue weighted by Crippen LogP contribution is -2.26. The van der Waals surface area contributed by atoms with Gasteiger partial charge in [0, 0.05) is 35.3 Å². The fourth-order valence-corrected chi connectivity index (χ4v) is 6.26. The standard InChI is InChI=1S/C35H39NO5/c1-38-32-21-26(34(37)23-6-3-2-4-7-23)10-12-30(32)33-22-27-8-5-9-29(35(27)41-33)24-11-13-31(25(20-24)14-17-36)40-28-15-18-39-19-16-28/h5,8-13,20-23,28H,2-4,6-7,14-19,36H2,1H3. The molecule has 41 heavy (non-hydrogen) atoms. The Kier molecular flexibility index (Phi) is 8.40. The van der Waals surface area contributed by atoms with E-state index >= 15 is 0 Å². The van der Waals surface area contributed by atoms with Gasteiger partial charge < -0.3 is 24.4 Å². The third-order valence-electron chi connectivity index (χ3n) is 8.52. The van der Waals surface area contributed by atoms with Crippen molar-refractivity contribution >= 4 is 16.8 Å². The molecule has 0 atom stereocenters. The number of rotatable bonds is 9. The molecule has 3 aromatic carbocycles. The lowest BCUT2D eigenvalue weighted by Gasteiger charge is -2.25. The number of fused-ring (bicyclic) bond motifs is 1. The number of carbonyl (C=O) groups is 1. The van der Waals surface area contributed by atoms with Crippen LogP contribution in [0.2, 0.25) is 0 Å². The Hall–Kier alpha value is -3.61. The molecule has 0 radical (unpaired) electrons. The molecule has 2 heterocycles. The summed E-state index contributed by atoms with van der Waals surface area (Å²) in [6, 6.07) is 20.3. The van der Waals surface area contributed by atoms with Crippen LogP contribution in [0.1, 0.15) is 60.9 Å². The molecule has 0 unspecified atom stereocenters. The second kappa shape index (κ2) is 12.5. The second-order valence-corrected chi connectivity index (χ2v) is 11.2. The SMILES string of the molecule is COc1cc(C(=O)C2CCCCC2)ccc1-c1cc2cccc(-c3ccc(OC4CCOCC4)c(CCN)c3)c2o1. The average Bonchev–Trinajstić information content (AvgIpc) is 3.47. The van der Waals surface area contributed by atoms with Crippen LogP contribution < -0.4 is 15.2 Å².